The van der Waals surface area contributed by atoms with Gasteiger partial charge in [0.25, 0.3) is 0 Å². The monoisotopic (exact) mass is 177 g/mol. The molecular formula is C11H15NO. The van der Waals surface area contributed by atoms with Crippen molar-refractivity contribution in [3.8, 4) is 5.88 Å². The van der Waals surface area contributed by atoms with Crippen LogP contribution >= 0.6 is 0 Å². The fourth-order valence-corrected chi connectivity index (χ4v) is 1.61. The Balaban J connectivity index is 1.80. The lowest BCUT2D eigenvalue weighted by Crippen LogP contribution is -2.28. The maximum atomic E-state index is 5.57. The minimum atomic E-state index is 0.751. The summed E-state index contributed by atoms with van der Waals surface area (Å²) in [6.07, 6.45) is 4.43. The molecule has 2 unspecified atom stereocenters. The Labute approximate surface area is 78.9 Å². The molecule has 2 rings (SSSR count). The van der Waals surface area contributed by atoms with Gasteiger partial charge in [0.05, 0.1) is 6.61 Å². The van der Waals surface area contributed by atoms with E-state index in [0.29, 0.717) is 0 Å². The molecule has 1 aromatic rings. The molecule has 1 fully saturated rings. The largest absolute Gasteiger partial charge is 0.477 e. The van der Waals surface area contributed by atoms with Crippen LogP contribution in [0.2, 0.25) is 0 Å². The van der Waals surface area contributed by atoms with Crippen molar-refractivity contribution in [3.05, 3.63) is 24.4 Å². The number of hydrogen-bond donors (Lipinski definition) is 0. The molecule has 1 aliphatic rings. The highest BCUT2D eigenvalue weighted by Gasteiger charge is 2.27. The maximum absolute atomic E-state index is 5.57. The van der Waals surface area contributed by atoms with Gasteiger partial charge in [0.15, 0.2) is 0 Å². The minimum absolute atomic E-state index is 0.751. The second-order valence-electron chi connectivity index (χ2n) is 3.79. The molecule has 0 amide bonds. The van der Waals surface area contributed by atoms with E-state index < -0.39 is 0 Å². The Morgan fingerprint density at radius 1 is 1.46 bits per heavy atom. The molecule has 2 heteroatoms. The predicted molar refractivity (Wildman–Crippen MR) is 51.6 cm³/mol. The Kier molecular flexibility index (Phi) is 2.48. The minimum Gasteiger partial charge on any atom is -0.477 e. The Morgan fingerprint density at radius 3 is 2.92 bits per heavy atom. The number of hydrogen-bond acceptors (Lipinski definition) is 2. The number of nitrogens with zero attached hydrogens (tertiary/aromatic N) is 1. The molecule has 0 bridgehead atoms. The van der Waals surface area contributed by atoms with Crippen molar-refractivity contribution in [2.45, 2.75) is 19.8 Å². The van der Waals surface area contributed by atoms with Gasteiger partial charge in [-0.2, -0.15) is 0 Å². The molecule has 0 aliphatic heterocycles. The average molecular weight is 177 g/mol. The van der Waals surface area contributed by atoms with Crippen LogP contribution in [0.15, 0.2) is 24.4 Å². The lowest BCUT2D eigenvalue weighted by Gasteiger charge is -2.33. The lowest BCUT2D eigenvalue weighted by molar-refractivity contribution is 0.113. The van der Waals surface area contributed by atoms with Crippen LogP contribution in [0.1, 0.15) is 19.8 Å². The topological polar surface area (TPSA) is 22.1 Å². The van der Waals surface area contributed by atoms with E-state index in [4.69, 9.17) is 4.74 Å². The van der Waals surface area contributed by atoms with Gasteiger partial charge < -0.3 is 4.74 Å². The van der Waals surface area contributed by atoms with E-state index in [1.165, 1.54) is 12.8 Å². The van der Waals surface area contributed by atoms with Crippen molar-refractivity contribution >= 4 is 0 Å². The molecule has 1 saturated carbocycles. The van der Waals surface area contributed by atoms with Crippen LogP contribution in [0.4, 0.5) is 0 Å². The second kappa shape index (κ2) is 3.77. The van der Waals surface area contributed by atoms with Gasteiger partial charge in [-0.3, -0.25) is 0 Å². The summed E-state index contributed by atoms with van der Waals surface area (Å²) in [6, 6.07) is 5.76. The Morgan fingerprint density at radius 2 is 2.38 bits per heavy atom. The fourth-order valence-electron chi connectivity index (χ4n) is 1.61. The van der Waals surface area contributed by atoms with Crippen molar-refractivity contribution in [2.75, 3.05) is 6.61 Å². The zero-order chi connectivity index (χ0) is 9.10. The first kappa shape index (κ1) is 8.54. The van der Waals surface area contributed by atoms with Crippen LogP contribution in [-0.4, -0.2) is 11.6 Å². The van der Waals surface area contributed by atoms with E-state index >= 15 is 0 Å². The van der Waals surface area contributed by atoms with Crippen LogP contribution in [0.5, 0.6) is 5.88 Å². The molecule has 13 heavy (non-hydrogen) atoms. The lowest BCUT2D eigenvalue weighted by atomic mass is 9.75. The first-order valence-corrected chi connectivity index (χ1v) is 4.90. The normalized spacial score (nSPS) is 26.5. The summed E-state index contributed by atoms with van der Waals surface area (Å²) >= 11 is 0. The Hall–Kier alpha value is -1.05. The van der Waals surface area contributed by atoms with Crippen LogP contribution in [0.25, 0.3) is 0 Å². The van der Waals surface area contributed by atoms with Crippen molar-refractivity contribution in [3.63, 3.8) is 0 Å². The summed E-state index contributed by atoms with van der Waals surface area (Å²) in [6.45, 7) is 3.12. The van der Waals surface area contributed by atoms with E-state index in [-0.39, 0.29) is 0 Å². The highest BCUT2D eigenvalue weighted by atomic mass is 16.5. The van der Waals surface area contributed by atoms with Gasteiger partial charge in [-0.05, 0) is 30.7 Å². The zero-order valence-corrected chi connectivity index (χ0v) is 7.94. The smallest absolute Gasteiger partial charge is 0.213 e. The summed E-state index contributed by atoms with van der Waals surface area (Å²) in [5.41, 5.74) is 0. The van der Waals surface area contributed by atoms with Gasteiger partial charge in [-0.15, -0.1) is 0 Å². The van der Waals surface area contributed by atoms with Gasteiger partial charge in [0.2, 0.25) is 5.88 Å². The molecule has 70 valence electrons. The fraction of sp³-hybridized carbons (Fsp3) is 0.545. The molecule has 0 aromatic carbocycles. The first-order valence-electron chi connectivity index (χ1n) is 4.90. The van der Waals surface area contributed by atoms with Crippen LogP contribution in [0, 0.1) is 11.8 Å². The predicted octanol–water partition coefficient (Wildman–Crippen LogP) is 2.51. The SMILES string of the molecule is CC1CCC1COc1ccccn1. The van der Waals surface area contributed by atoms with Gasteiger partial charge in [0, 0.05) is 12.3 Å². The molecule has 1 aliphatic carbocycles. The van der Waals surface area contributed by atoms with Gasteiger partial charge in [-0.25, -0.2) is 4.98 Å². The summed E-state index contributed by atoms with van der Waals surface area (Å²) in [4.78, 5) is 4.11. The standard InChI is InChI=1S/C11H15NO/c1-9-5-6-10(9)8-13-11-4-2-3-7-12-11/h2-4,7,9-10H,5-6,8H2,1H3. The van der Waals surface area contributed by atoms with Crippen LogP contribution in [-0.2, 0) is 0 Å². The van der Waals surface area contributed by atoms with E-state index in [9.17, 15) is 0 Å². The van der Waals surface area contributed by atoms with Crippen molar-refractivity contribution in [2.24, 2.45) is 11.8 Å². The third kappa shape index (κ3) is 2.00. The summed E-state index contributed by atoms with van der Waals surface area (Å²) < 4.78 is 5.57. The van der Waals surface area contributed by atoms with Crippen LogP contribution < -0.4 is 4.74 Å². The van der Waals surface area contributed by atoms with Crippen LogP contribution in [0.3, 0.4) is 0 Å². The number of pyridine rings is 1. The van der Waals surface area contributed by atoms with Crippen molar-refractivity contribution < 1.29 is 4.74 Å². The number of rotatable bonds is 3. The third-order valence-electron chi connectivity index (χ3n) is 2.88. The first-order chi connectivity index (χ1) is 6.36. The summed E-state index contributed by atoms with van der Waals surface area (Å²) in [5.74, 6) is 2.34. The van der Waals surface area contributed by atoms with Gasteiger partial charge in [0.1, 0.15) is 0 Å². The van der Waals surface area contributed by atoms with E-state index in [1.807, 2.05) is 18.2 Å². The Bertz CT molecular complexity index is 260. The average Bonchev–Trinajstić information content (AvgIpc) is 2.17. The molecule has 0 spiro atoms. The summed E-state index contributed by atoms with van der Waals surface area (Å²) in [7, 11) is 0. The molecule has 2 atom stereocenters. The zero-order valence-electron chi connectivity index (χ0n) is 7.94. The molecule has 0 N–H and O–H groups in total. The number of ether oxygens (including phenoxy) is 1. The van der Waals surface area contributed by atoms with Crippen molar-refractivity contribution in [1.82, 2.24) is 4.98 Å². The molecule has 0 radical (unpaired) electrons. The number of aromatic nitrogens is 1. The molecular weight excluding hydrogens is 162 g/mol. The molecule has 2 nitrogen and oxygen atoms in total. The van der Waals surface area contributed by atoms with E-state index in [0.717, 1.165) is 24.3 Å². The highest BCUT2D eigenvalue weighted by molar-refractivity contribution is 5.09. The molecule has 1 aromatic heterocycles. The molecule has 0 saturated heterocycles. The van der Waals surface area contributed by atoms with Gasteiger partial charge in [-0.1, -0.05) is 13.0 Å². The summed E-state index contributed by atoms with van der Waals surface area (Å²) in [5, 5.41) is 0. The highest BCUT2D eigenvalue weighted by Crippen LogP contribution is 2.33. The van der Waals surface area contributed by atoms with E-state index in [2.05, 4.69) is 11.9 Å². The van der Waals surface area contributed by atoms with Gasteiger partial charge >= 0.3 is 0 Å². The third-order valence-corrected chi connectivity index (χ3v) is 2.88. The second-order valence-corrected chi connectivity index (χ2v) is 3.79. The molecule has 1 heterocycles. The van der Waals surface area contributed by atoms with E-state index in [1.54, 1.807) is 6.20 Å². The quantitative estimate of drug-likeness (QED) is 0.707. The maximum Gasteiger partial charge on any atom is 0.213 e. The van der Waals surface area contributed by atoms with Crippen molar-refractivity contribution in [1.29, 1.82) is 0 Å².